The third-order valence-electron chi connectivity index (χ3n) is 4.34. The molecule has 0 bridgehead atoms. The first kappa shape index (κ1) is 11.2. The molecule has 0 radical (unpaired) electrons. The van der Waals surface area contributed by atoms with E-state index in [1.54, 1.807) is 0 Å². The van der Waals surface area contributed by atoms with Crippen LogP contribution in [0.15, 0.2) is 12.4 Å². The van der Waals surface area contributed by atoms with Crippen LogP contribution in [0.25, 0.3) is 0 Å². The van der Waals surface area contributed by atoms with Crippen molar-refractivity contribution in [1.29, 1.82) is 0 Å². The van der Waals surface area contributed by atoms with Gasteiger partial charge in [0.2, 0.25) is 0 Å². The summed E-state index contributed by atoms with van der Waals surface area (Å²) in [5.41, 5.74) is 0.654. The molecule has 0 spiro atoms. The average molecular weight is 235 g/mol. The molecule has 0 saturated carbocycles. The largest absolute Gasteiger partial charge is 0.388 e. The first-order valence-electron chi connectivity index (χ1n) is 6.69. The van der Waals surface area contributed by atoms with Gasteiger partial charge in [-0.25, -0.2) is 0 Å². The van der Waals surface area contributed by atoms with Crippen molar-refractivity contribution in [3.05, 3.63) is 18.0 Å². The van der Waals surface area contributed by atoms with Crippen LogP contribution in [0, 0.1) is 0 Å². The van der Waals surface area contributed by atoms with Gasteiger partial charge in [-0.1, -0.05) is 0 Å². The molecule has 2 saturated heterocycles. The number of rotatable bonds is 3. The summed E-state index contributed by atoms with van der Waals surface area (Å²) in [5, 5.41) is 15.1. The Morgan fingerprint density at radius 3 is 3.18 bits per heavy atom. The highest BCUT2D eigenvalue weighted by Crippen LogP contribution is 2.37. The number of aliphatic hydroxyl groups is 1. The maximum Gasteiger partial charge on any atom is 0.0855 e. The summed E-state index contributed by atoms with van der Waals surface area (Å²) in [4.78, 5) is 2.45. The van der Waals surface area contributed by atoms with Crippen LogP contribution in [-0.2, 0) is 13.0 Å². The zero-order chi connectivity index (χ0) is 11.9. The van der Waals surface area contributed by atoms with Gasteiger partial charge in [-0.05, 0) is 38.3 Å². The van der Waals surface area contributed by atoms with Gasteiger partial charge in [0.1, 0.15) is 0 Å². The quantitative estimate of drug-likeness (QED) is 0.851. The molecule has 3 rings (SSSR count). The van der Waals surface area contributed by atoms with E-state index >= 15 is 0 Å². The first-order valence-corrected chi connectivity index (χ1v) is 6.69. The Balaban J connectivity index is 1.75. The van der Waals surface area contributed by atoms with Crippen molar-refractivity contribution < 1.29 is 5.11 Å². The van der Waals surface area contributed by atoms with Crippen molar-refractivity contribution in [2.45, 2.75) is 50.8 Å². The van der Waals surface area contributed by atoms with E-state index in [4.69, 9.17) is 0 Å². The minimum Gasteiger partial charge on any atom is -0.388 e. The summed E-state index contributed by atoms with van der Waals surface area (Å²) in [5.74, 6) is 0. The number of nitrogens with zero attached hydrogens (tertiary/aromatic N) is 3. The fraction of sp³-hybridized carbons (Fsp3) is 0.769. The van der Waals surface area contributed by atoms with Gasteiger partial charge in [-0.3, -0.25) is 9.58 Å². The normalized spacial score (nSPS) is 33.2. The highest BCUT2D eigenvalue weighted by atomic mass is 16.3. The summed E-state index contributed by atoms with van der Waals surface area (Å²) in [6, 6.07) is 0.382. The highest BCUT2D eigenvalue weighted by molar-refractivity contribution is 5.14. The van der Waals surface area contributed by atoms with Gasteiger partial charge in [0, 0.05) is 31.7 Å². The molecular formula is C13H21N3O. The van der Waals surface area contributed by atoms with Gasteiger partial charge in [0.25, 0.3) is 0 Å². The Hall–Kier alpha value is -0.870. The Bertz CT molecular complexity index is 403. The molecule has 4 nitrogen and oxygen atoms in total. The van der Waals surface area contributed by atoms with Crippen LogP contribution in [0.3, 0.4) is 0 Å². The molecule has 2 aliphatic rings. The minimum atomic E-state index is -0.516. The maximum atomic E-state index is 10.8. The number of hydrogen-bond acceptors (Lipinski definition) is 3. The van der Waals surface area contributed by atoms with Crippen molar-refractivity contribution >= 4 is 0 Å². The molecule has 2 atom stereocenters. The molecule has 0 amide bonds. The molecule has 1 aromatic heterocycles. The molecule has 0 aliphatic carbocycles. The molecule has 2 fully saturated rings. The van der Waals surface area contributed by atoms with E-state index < -0.39 is 5.60 Å². The number of hydrogen-bond donors (Lipinski definition) is 1. The maximum absolute atomic E-state index is 10.8. The van der Waals surface area contributed by atoms with E-state index in [0.717, 1.165) is 32.4 Å². The average Bonchev–Trinajstić information content (AvgIpc) is 2.98. The summed E-state index contributed by atoms with van der Waals surface area (Å²) < 4.78 is 1.93. The molecule has 2 unspecified atom stereocenters. The summed E-state index contributed by atoms with van der Waals surface area (Å²) >= 11 is 0. The van der Waals surface area contributed by atoms with Crippen molar-refractivity contribution in [2.75, 3.05) is 13.1 Å². The third kappa shape index (κ3) is 1.89. The smallest absolute Gasteiger partial charge is 0.0855 e. The number of aromatic nitrogens is 2. The second kappa shape index (κ2) is 4.10. The van der Waals surface area contributed by atoms with Gasteiger partial charge >= 0.3 is 0 Å². The van der Waals surface area contributed by atoms with Crippen molar-refractivity contribution in [3.63, 3.8) is 0 Å². The van der Waals surface area contributed by atoms with Gasteiger partial charge in [-0.15, -0.1) is 0 Å². The second-order valence-corrected chi connectivity index (χ2v) is 5.43. The molecule has 3 heterocycles. The lowest BCUT2D eigenvalue weighted by molar-refractivity contribution is 0.0141. The van der Waals surface area contributed by atoms with E-state index in [1.807, 2.05) is 10.9 Å². The summed E-state index contributed by atoms with van der Waals surface area (Å²) in [6.07, 6.45) is 8.03. The monoisotopic (exact) mass is 235 g/mol. The van der Waals surface area contributed by atoms with E-state index in [2.05, 4.69) is 23.1 Å². The molecule has 1 N–H and O–H groups in total. The molecule has 1 aromatic rings. The van der Waals surface area contributed by atoms with Gasteiger partial charge < -0.3 is 5.11 Å². The zero-order valence-electron chi connectivity index (χ0n) is 10.5. The van der Waals surface area contributed by atoms with Gasteiger partial charge in [0.05, 0.1) is 11.8 Å². The highest BCUT2D eigenvalue weighted by Gasteiger charge is 2.47. The Labute approximate surface area is 102 Å². The van der Waals surface area contributed by atoms with Crippen LogP contribution < -0.4 is 0 Å². The number of fused-ring (bicyclic) bond motifs is 1. The van der Waals surface area contributed by atoms with Crippen LogP contribution in [-0.4, -0.2) is 44.5 Å². The van der Waals surface area contributed by atoms with Gasteiger partial charge in [-0.2, -0.15) is 5.10 Å². The summed E-state index contributed by atoms with van der Waals surface area (Å²) in [6.45, 7) is 5.21. The van der Waals surface area contributed by atoms with Crippen molar-refractivity contribution in [1.82, 2.24) is 14.7 Å². The van der Waals surface area contributed by atoms with Crippen LogP contribution in [0.5, 0.6) is 0 Å². The topological polar surface area (TPSA) is 41.3 Å². The van der Waals surface area contributed by atoms with Crippen LogP contribution in [0.2, 0.25) is 0 Å². The fourth-order valence-electron chi connectivity index (χ4n) is 3.44. The lowest BCUT2D eigenvalue weighted by atomic mass is 9.87. The standard InChI is InChI=1S/C13H21N3O/c1-2-16-10-11(9-14-16)8-13(17)5-7-15-6-3-4-12(13)15/h9-10,12,17H,2-8H2,1H3. The summed E-state index contributed by atoms with van der Waals surface area (Å²) in [7, 11) is 0. The minimum absolute atomic E-state index is 0.382. The van der Waals surface area contributed by atoms with E-state index in [9.17, 15) is 5.11 Å². The van der Waals surface area contributed by atoms with E-state index in [-0.39, 0.29) is 0 Å². The van der Waals surface area contributed by atoms with E-state index in [0.29, 0.717) is 6.04 Å². The number of aryl methyl sites for hydroxylation is 1. The van der Waals surface area contributed by atoms with Crippen LogP contribution in [0.1, 0.15) is 31.7 Å². The molecule has 4 heteroatoms. The Kier molecular flexibility index (Phi) is 2.71. The fourth-order valence-corrected chi connectivity index (χ4v) is 3.44. The molecule has 0 aromatic carbocycles. The Morgan fingerprint density at radius 1 is 1.53 bits per heavy atom. The van der Waals surface area contributed by atoms with Crippen LogP contribution in [0.4, 0.5) is 0 Å². The predicted octanol–water partition coefficient (Wildman–Crippen LogP) is 1.04. The van der Waals surface area contributed by atoms with Crippen LogP contribution >= 0.6 is 0 Å². The first-order chi connectivity index (χ1) is 8.21. The zero-order valence-corrected chi connectivity index (χ0v) is 10.5. The lowest BCUT2D eigenvalue weighted by Crippen LogP contribution is -2.42. The SMILES string of the molecule is CCn1cc(CC2(O)CCN3CCCC32)cn1. The van der Waals surface area contributed by atoms with Crippen molar-refractivity contribution in [3.8, 4) is 0 Å². The van der Waals surface area contributed by atoms with Gasteiger partial charge in [0.15, 0.2) is 0 Å². The molecule has 94 valence electrons. The molecule has 17 heavy (non-hydrogen) atoms. The lowest BCUT2D eigenvalue weighted by Gasteiger charge is -2.29. The third-order valence-corrected chi connectivity index (χ3v) is 4.34. The predicted molar refractivity (Wildman–Crippen MR) is 65.8 cm³/mol. The second-order valence-electron chi connectivity index (χ2n) is 5.43. The van der Waals surface area contributed by atoms with Crippen molar-refractivity contribution in [2.24, 2.45) is 0 Å². The molecular weight excluding hydrogens is 214 g/mol. The molecule has 2 aliphatic heterocycles. The van der Waals surface area contributed by atoms with E-state index in [1.165, 1.54) is 18.5 Å². The Morgan fingerprint density at radius 2 is 2.41 bits per heavy atom.